The summed E-state index contributed by atoms with van der Waals surface area (Å²) in [5.74, 6) is 0.506. The highest BCUT2D eigenvalue weighted by Gasteiger charge is 2.66. The molecule has 4 fully saturated rings. The summed E-state index contributed by atoms with van der Waals surface area (Å²) in [7, 11) is 0. The molecule has 6 heteroatoms. The van der Waals surface area contributed by atoms with Crippen molar-refractivity contribution >= 4 is 23.5 Å². The predicted molar refractivity (Wildman–Crippen MR) is 100 cm³/mol. The van der Waals surface area contributed by atoms with Gasteiger partial charge in [0, 0.05) is 25.2 Å². The van der Waals surface area contributed by atoms with E-state index in [1.807, 2.05) is 0 Å². The summed E-state index contributed by atoms with van der Waals surface area (Å²) in [4.78, 5) is 22.7. The van der Waals surface area contributed by atoms with Crippen LogP contribution in [0.25, 0.3) is 0 Å². The van der Waals surface area contributed by atoms with Gasteiger partial charge in [-0.25, -0.2) is 0 Å². The SMILES string of the molecule is CC(=O)O[C@H]1CC[C@]2(C)[C@H]3CC[C@]4(C)COC(=O)C[C@H]4[C@@H]3C[C@@H](O)[C@@]2(Cl)C1. The average molecular weight is 399 g/mol. The number of hydrogen-bond donors (Lipinski definition) is 1. The van der Waals surface area contributed by atoms with Gasteiger partial charge in [-0.3, -0.25) is 9.59 Å². The number of halogens is 1. The fraction of sp³-hybridized carbons (Fsp3) is 0.905. The monoisotopic (exact) mass is 398 g/mol. The van der Waals surface area contributed by atoms with E-state index in [2.05, 4.69) is 13.8 Å². The van der Waals surface area contributed by atoms with Crippen LogP contribution in [0.1, 0.15) is 65.7 Å². The number of carbonyl (C=O) groups excluding carboxylic acids is 2. The van der Waals surface area contributed by atoms with Crippen molar-refractivity contribution in [3.63, 3.8) is 0 Å². The van der Waals surface area contributed by atoms with Gasteiger partial charge in [-0.1, -0.05) is 13.8 Å². The van der Waals surface area contributed by atoms with E-state index in [-0.39, 0.29) is 40.7 Å². The van der Waals surface area contributed by atoms with Crippen LogP contribution in [-0.2, 0) is 19.1 Å². The molecule has 152 valence electrons. The van der Waals surface area contributed by atoms with Crippen molar-refractivity contribution in [1.29, 1.82) is 0 Å². The minimum atomic E-state index is -0.782. The lowest BCUT2D eigenvalue weighted by Crippen LogP contribution is -2.67. The highest BCUT2D eigenvalue weighted by atomic mass is 35.5. The van der Waals surface area contributed by atoms with Crippen molar-refractivity contribution in [2.75, 3.05) is 6.61 Å². The fourth-order valence-electron chi connectivity index (χ4n) is 6.99. The molecule has 1 saturated heterocycles. The van der Waals surface area contributed by atoms with Gasteiger partial charge in [0.15, 0.2) is 0 Å². The quantitative estimate of drug-likeness (QED) is 0.541. The molecule has 27 heavy (non-hydrogen) atoms. The molecule has 1 heterocycles. The van der Waals surface area contributed by atoms with Gasteiger partial charge in [0.1, 0.15) is 6.10 Å². The van der Waals surface area contributed by atoms with Gasteiger partial charge in [0.2, 0.25) is 0 Å². The van der Waals surface area contributed by atoms with Crippen LogP contribution in [0.4, 0.5) is 0 Å². The predicted octanol–water partition coefficient (Wildman–Crippen LogP) is 3.45. The molecule has 4 rings (SSSR count). The Morgan fingerprint density at radius 3 is 2.70 bits per heavy atom. The molecule has 0 radical (unpaired) electrons. The Morgan fingerprint density at radius 1 is 1.26 bits per heavy atom. The standard InChI is InChI=1S/C21H31ClO5/c1-12(23)27-13-4-7-20(3)15-5-6-19(2)11-26-18(25)9-16(19)14(15)8-17(24)21(20,22)10-13/h13-17,24H,4-11H2,1-3H3/t13-,14+,15-,16-,17+,19+,20+,21-/m0/s1. The molecule has 8 atom stereocenters. The summed E-state index contributed by atoms with van der Waals surface area (Å²) < 4.78 is 10.8. The maximum atomic E-state index is 12.0. The molecule has 0 spiro atoms. The lowest BCUT2D eigenvalue weighted by atomic mass is 9.43. The van der Waals surface area contributed by atoms with Crippen LogP contribution in [0.2, 0.25) is 0 Å². The largest absolute Gasteiger partial charge is 0.465 e. The number of rotatable bonds is 1. The Hall–Kier alpha value is -0.810. The third-order valence-corrected chi connectivity index (χ3v) is 9.38. The average Bonchev–Trinajstić information content (AvgIpc) is 2.58. The van der Waals surface area contributed by atoms with Crippen LogP contribution in [0, 0.1) is 28.6 Å². The normalized spacial score (nSPS) is 52.0. The Kier molecular flexibility index (Phi) is 4.59. The zero-order valence-electron chi connectivity index (χ0n) is 16.5. The number of aliphatic hydroxyl groups is 1. The number of cyclic esters (lactones) is 1. The first-order valence-corrected chi connectivity index (χ1v) is 10.7. The highest BCUT2D eigenvalue weighted by Crippen LogP contribution is 2.67. The molecule has 4 aliphatic rings. The molecule has 3 saturated carbocycles. The van der Waals surface area contributed by atoms with Crippen LogP contribution >= 0.6 is 11.6 Å². The zero-order valence-corrected chi connectivity index (χ0v) is 17.3. The van der Waals surface area contributed by atoms with Crippen LogP contribution in [0.15, 0.2) is 0 Å². The van der Waals surface area contributed by atoms with Crippen LogP contribution < -0.4 is 0 Å². The van der Waals surface area contributed by atoms with E-state index in [0.717, 1.165) is 25.7 Å². The van der Waals surface area contributed by atoms with Crippen molar-refractivity contribution in [3.8, 4) is 0 Å². The van der Waals surface area contributed by atoms with Crippen LogP contribution in [-0.4, -0.2) is 40.7 Å². The molecule has 3 aliphatic carbocycles. The van der Waals surface area contributed by atoms with Crippen LogP contribution in [0.5, 0.6) is 0 Å². The van der Waals surface area contributed by atoms with E-state index in [9.17, 15) is 14.7 Å². The number of aliphatic hydroxyl groups excluding tert-OH is 1. The number of ether oxygens (including phenoxy) is 2. The molecule has 0 amide bonds. The Balaban J connectivity index is 1.64. The van der Waals surface area contributed by atoms with Gasteiger partial charge in [-0.15, -0.1) is 11.6 Å². The summed E-state index contributed by atoms with van der Waals surface area (Å²) in [6, 6.07) is 0. The van der Waals surface area contributed by atoms with E-state index in [4.69, 9.17) is 21.1 Å². The molecular weight excluding hydrogens is 368 g/mol. The Labute approximate surface area is 166 Å². The summed E-state index contributed by atoms with van der Waals surface area (Å²) in [6.45, 7) is 6.36. The lowest BCUT2D eigenvalue weighted by molar-refractivity contribution is -0.195. The minimum absolute atomic E-state index is 0.00636. The summed E-state index contributed by atoms with van der Waals surface area (Å²) >= 11 is 7.17. The van der Waals surface area contributed by atoms with E-state index in [0.29, 0.717) is 31.8 Å². The van der Waals surface area contributed by atoms with E-state index in [1.165, 1.54) is 6.92 Å². The van der Waals surface area contributed by atoms with Crippen molar-refractivity contribution in [2.45, 2.75) is 82.8 Å². The second-order valence-corrected chi connectivity index (χ2v) is 10.6. The zero-order chi connectivity index (χ0) is 19.6. The van der Waals surface area contributed by atoms with E-state index in [1.54, 1.807) is 0 Å². The molecule has 0 unspecified atom stereocenters. The third kappa shape index (κ3) is 2.83. The van der Waals surface area contributed by atoms with Gasteiger partial charge in [-0.2, -0.15) is 0 Å². The first-order valence-electron chi connectivity index (χ1n) is 10.3. The molecule has 0 aromatic carbocycles. The molecule has 1 N–H and O–H groups in total. The second-order valence-electron chi connectivity index (χ2n) is 9.94. The number of alkyl halides is 1. The van der Waals surface area contributed by atoms with Crippen molar-refractivity contribution in [1.82, 2.24) is 0 Å². The summed E-state index contributed by atoms with van der Waals surface area (Å²) in [5.41, 5.74) is -0.220. The smallest absolute Gasteiger partial charge is 0.306 e. The fourth-order valence-corrected chi connectivity index (χ4v) is 7.48. The topological polar surface area (TPSA) is 72.8 Å². The van der Waals surface area contributed by atoms with Gasteiger partial charge >= 0.3 is 11.9 Å². The number of fused-ring (bicyclic) bond motifs is 5. The minimum Gasteiger partial charge on any atom is -0.465 e. The number of esters is 2. The maximum absolute atomic E-state index is 12.0. The molecule has 5 nitrogen and oxygen atoms in total. The number of carbonyl (C=O) groups is 2. The highest BCUT2D eigenvalue weighted by molar-refractivity contribution is 6.25. The first kappa shape index (κ1) is 19.5. The molecule has 0 aromatic rings. The Bertz CT molecular complexity index is 652. The van der Waals surface area contributed by atoms with Crippen molar-refractivity contribution < 1.29 is 24.2 Å². The second kappa shape index (κ2) is 6.35. The van der Waals surface area contributed by atoms with Gasteiger partial charge in [0.25, 0.3) is 0 Å². The van der Waals surface area contributed by atoms with E-state index < -0.39 is 11.0 Å². The first-order chi connectivity index (χ1) is 12.6. The van der Waals surface area contributed by atoms with Crippen molar-refractivity contribution in [3.05, 3.63) is 0 Å². The molecule has 0 aromatic heterocycles. The third-order valence-electron chi connectivity index (χ3n) is 8.54. The summed E-state index contributed by atoms with van der Waals surface area (Å²) in [5, 5.41) is 11.2. The van der Waals surface area contributed by atoms with Crippen molar-refractivity contribution in [2.24, 2.45) is 28.6 Å². The molecular formula is C21H31ClO5. The van der Waals surface area contributed by atoms with E-state index >= 15 is 0 Å². The van der Waals surface area contributed by atoms with Gasteiger partial charge < -0.3 is 14.6 Å². The number of hydrogen-bond acceptors (Lipinski definition) is 5. The summed E-state index contributed by atoms with van der Waals surface area (Å²) in [6.07, 6.45) is 4.37. The Morgan fingerprint density at radius 2 is 2.00 bits per heavy atom. The van der Waals surface area contributed by atoms with Gasteiger partial charge in [-0.05, 0) is 55.3 Å². The molecule has 0 bridgehead atoms. The van der Waals surface area contributed by atoms with Crippen LogP contribution in [0.3, 0.4) is 0 Å². The molecule has 1 aliphatic heterocycles. The van der Waals surface area contributed by atoms with Gasteiger partial charge in [0.05, 0.1) is 17.6 Å². The maximum Gasteiger partial charge on any atom is 0.306 e. The lowest BCUT2D eigenvalue weighted by Gasteiger charge is -2.65.